The monoisotopic (exact) mass is 307 g/mol. The molecule has 0 saturated heterocycles. The molecular formula is C14H14ClN3OS. The second-order valence-corrected chi connectivity index (χ2v) is 5.65. The highest BCUT2D eigenvalue weighted by Gasteiger charge is 2.13. The summed E-state index contributed by atoms with van der Waals surface area (Å²) in [4.78, 5) is 17.1. The van der Waals surface area contributed by atoms with Crippen LogP contribution in [0.3, 0.4) is 0 Å². The van der Waals surface area contributed by atoms with Gasteiger partial charge in [0.25, 0.3) is 5.91 Å². The van der Waals surface area contributed by atoms with E-state index in [2.05, 4.69) is 17.2 Å². The molecule has 1 aromatic carbocycles. The molecule has 0 atom stereocenters. The fraction of sp³-hybridized carbons (Fsp3) is 0.143. The average Bonchev–Trinajstić information content (AvgIpc) is 2.44. The Kier molecular flexibility index (Phi) is 4.87. The van der Waals surface area contributed by atoms with Gasteiger partial charge in [0, 0.05) is 4.90 Å². The molecule has 20 heavy (non-hydrogen) atoms. The summed E-state index contributed by atoms with van der Waals surface area (Å²) in [5.41, 5.74) is 7.05. The lowest BCUT2D eigenvalue weighted by Gasteiger charge is -2.10. The van der Waals surface area contributed by atoms with Crippen molar-refractivity contribution in [2.45, 2.75) is 11.8 Å². The number of aromatic nitrogens is 1. The molecule has 1 amide bonds. The zero-order valence-corrected chi connectivity index (χ0v) is 12.5. The van der Waals surface area contributed by atoms with Gasteiger partial charge in [-0.05, 0) is 24.0 Å². The lowest BCUT2D eigenvalue weighted by molar-refractivity contribution is 0.102. The second kappa shape index (κ2) is 6.63. The van der Waals surface area contributed by atoms with Gasteiger partial charge in [-0.25, -0.2) is 4.98 Å². The third-order valence-electron chi connectivity index (χ3n) is 2.54. The van der Waals surface area contributed by atoms with Crippen LogP contribution in [0.1, 0.15) is 17.3 Å². The van der Waals surface area contributed by atoms with Crippen molar-refractivity contribution in [2.75, 3.05) is 16.8 Å². The summed E-state index contributed by atoms with van der Waals surface area (Å²) in [5.74, 6) is 0.604. The first-order valence-corrected chi connectivity index (χ1v) is 7.42. The van der Waals surface area contributed by atoms with Gasteiger partial charge in [-0.15, -0.1) is 11.8 Å². The molecule has 1 heterocycles. The molecule has 2 aromatic rings. The number of amides is 1. The van der Waals surface area contributed by atoms with Gasteiger partial charge in [0.1, 0.15) is 5.15 Å². The first kappa shape index (κ1) is 14.7. The minimum absolute atomic E-state index is 0.136. The average molecular weight is 308 g/mol. The maximum Gasteiger partial charge on any atom is 0.258 e. The Hall–Kier alpha value is -1.72. The molecule has 0 aliphatic heterocycles. The number of anilines is 2. The summed E-state index contributed by atoms with van der Waals surface area (Å²) >= 11 is 7.58. The molecule has 0 spiro atoms. The Balaban J connectivity index is 2.26. The Morgan fingerprint density at radius 3 is 2.95 bits per heavy atom. The van der Waals surface area contributed by atoms with Gasteiger partial charge >= 0.3 is 0 Å². The number of nitrogen functional groups attached to an aromatic ring is 1. The molecule has 0 aliphatic carbocycles. The van der Waals surface area contributed by atoms with Crippen molar-refractivity contribution < 1.29 is 4.79 Å². The molecule has 0 fully saturated rings. The van der Waals surface area contributed by atoms with E-state index in [9.17, 15) is 4.79 Å². The molecule has 0 unspecified atom stereocenters. The Bertz CT molecular complexity index is 634. The number of hydrogen-bond donors (Lipinski definition) is 2. The molecule has 3 N–H and O–H groups in total. The van der Waals surface area contributed by atoms with Gasteiger partial charge in [0.15, 0.2) is 0 Å². The number of thioether (sulfide) groups is 1. The number of nitrogens with two attached hydrogens (primary N) is 1. The van der Waals surface area contributed by atoms with Crippen LogP contribution in [-0.2, 0) is 0 Å². The predicted octanol–water partition coefficient (Wildman–Crippen LogP) is 3.68. The van der Waals surface area contributed by atoms with Crippen LogP contribution in [0, 0.1) is 0 Å². The van der Waals surface area contributed by atoms with E-state index in [4.69, 9.17) is 17.3 Å². The van der Waals surface area contributed by atoms with E-state index in [1.54, 1.807) is 11.8 Å². The number of para-hydroxylation sites is 1. The van der Waals surface area contributed by atoms with Crippen LogP contribution in [0.2, 0.25) is 5.15 Å². The normalized spacial score (nSPS) is 10.3. The Labute approximate surface area is 126 Å². The number of halogens is 1. The highest BCUT2D eigenvalue weighted by atomic mass is 35.5. The van der Waals surface area contributed by atoms with Gasteiger partial charge in [0.05, 0.1) is 23.1 Å². The van der Waals surface area contributed by atoms with Crippen LogP contribution in [0.4, 0.5) is 11.4 Å². The largest absolute Gasteiger partial charge is 0.397 e. The summed E-state index contributed by atoms with van der Waals surface area (Å²) in [6.45, 7) is 2.06. The highest BCUT2D eigenvalue weighted by molar-refractivity contribution is 7.99. The van der Waals surface area contributed by atoms with E-state index in [1.165, 1.54) is 12.3 Å². The van der Waals surface area contributed by atoms with Crippen molar-refractivity contribution in [3.63, 3.8) is 0 Å². The number of pyridine rings is 1. The standard InChI is InChI=1S/C14H14ClN3OS/c1-2-20-12-6-4-3-5-11(12)18-14(19)10-7-9(16)8-17-13(10)15/h3-8H,2,16H2,1H3,(H,18,19). The molecule has 1 aromatic heterocycles. The number of rotatable bonds is 4. The first-order chi connectivity index (χ1) is 9.61. The van der Waals surface area contributed by atoms with Crippen LogP contribution in [0.15, 0.2) is 41.4 Å². The molecule has 0 saturated carbocycles. The third-order valence-corrected chi connectivity index (χ3v) is 3.80. The van der Waals surface area contributed by atoms with Crippen LogP contribution in [-0.4, -0.2) is 16.6 Å². The van der Waals surface area contributed by atoms with E-state index in [-0.39, 0.29) is 16.6 Å². The molecule has 2 rings (SSSR count). The third kappa shape index (κ3) is 3.43. The number of benzene rings is 1. The smallest absolute Gasteiger partial charge is 0.258 e. The molecule has 104 valence electrons. The predicted molar refractivity (Wildman–Crippen MR) is 84.5 cm³/mol. The molecule has 6 heteroatoms. The van der Waals surface area contributed by atoms with Crippen molar-refractivity contribution in [2.24, 2.45) is 0 Å². The Morgan fingerprint density at radius 1 is 1.45 bits per heavy atom. The summed E-state index contributed by atoms with van der Waals surface area (Å²) in [5, 5.41) is 2.98. The lowest BCUT2D eigenvalue weighted by Crippen LogP contribution is -2.14. The fourth-order valence-electron chi connectivity index (χ4n) is 1.66. The lowest BCUT2D eigenvalue weighted by atomic mass is 10.2. The van der Waals surface area contributed by atoms with E-state index < -0.39 is 0 Å². The maximum absolute atomic E-state index is 12.2. The summed E-state index contributed by atoms with van der Waals surface area (Å²) in [7, 11) is 0. The fourth-order valence-corrected chi connectivity index (χ4v) is 2.61. The quantitative estimate of drug-likeness (QED) is 0.668. The number of carbonyl (C=O) groups is 1. The minimum Gasteiger partial charge on any atom is -0.397 e. The first-order valence-electron chi connectivity index (χ1n) is 6.06. The van der Waals surface area contributed by atoms with E-state index in [0.717, 1.165) is 16.3 Å². The van der Waals surface area contributed by atoms with Crippen molar-refractivity contribution in [1.29, 1.82) is 0 Å². The maximum atomic E-state index is 12.2. The van der Waals surface area contributed by atoms with E-state index >= 15 is 0 Å². The van der Waals surface area contributed by atoms with Crippen LogP contribution in [0.25, 0.3) is 0 Å². The van der Waals surface area contributed by atoms with E-state index in [0.29, 0.717) is 5.69 Å². The van der Waals surface area contributed by atoms with Crippen LogP contribution < -0.4 is 11.1 Å². The van der Waals surface area contributed by atoms with Gasteiger partial charge in [-0.2, -0.15) is 0 Å². The molecular weight excluding hydrogens is 294 g/mol. The minimum atomic E-state index is -0.320. The van der Waals surface area contributed by atoms with Crippen molar-refractivity contribution in [3.8, 4) is 0 Å². The molecule has 0 radical (unpaired) electrons. The summed E-state index contributed by atoms with van der Waals surface area (Å²) < 4.78 is 0. The number of nitrogens with zero attached hydrogens (tertiary/aromatic N) is 1. The number of hydrogen-bond acceptors (Lipinski definition) is 4. The number of nitrogens with one attached hydrogen (secondary N) is 1. The second-order valence-electron chi connectivity index (χ2n) is 3.99. The Morgan fingerprint density at radius 2 is 2.20 bits per heavy atom. The van der Waals surface area contributed by atoms with Gasteiger partial charge in [-0.1, -0.05) is 30.7 Å². The SMILES string of the molecule is CCSc1ccccc1NC(=O)c1cc(N)cnc1Cl. The van der Waals surface area contributed by atoms with Crippen LogP contribution in [0.5, 0.6) is 0 Å². The van der Waals surface area contributed by atoms with E-state index in [1.807, 2.05) is 24.3 Å². The van der Waals surface area contributed by atoms with Gasteiger partial charge < -0.3 is 11.1 Å². The van der Waals surface area contributed by atoms with Crippen LogP contribution >= 0.6 is 23.4 Å². The zero-order chi connectivity index (χ0) is 14.5. The highest BCUT2D eigenvalue weighted by Crippen LogP contribution is 2.27. The molecule has 0 aliphatic rings. The zero-order valence-electron chi connectivity index (χ0n) is 10.9. The van der Waals surface area contributed by atoms with Crippen molar-refractivity contribution >= 4 is 40.6 Å². The van der Waals surface area contributed by atoms with Crippen molar-refractivity contribution in [1.82, 2.24) is 4.98 Å². The molecule has 4 nitrogen and oxygen atoms in total. The molecule has 0 bridgehead atoms. The summed E-state index contributed by atoms with van der Waals surface area (Å²) in [6.07, 6.45) is 1.42. The van der Waals surface area contributed by atoms with Crippen molar-refractivity contribution in [3.05, 3.63) is 47.2 Å². The van der Waals surface area contributed by atoms with Gasteiger partial charge in [-0.3, -0.25) is 4.79 Å². The number of carbonyl (C=O) groups excluding carboxylic acids is 1. The van der Waals surface area contributed by atoms with Gasteiger partial charge in [0.2, 0.25) is 0 Å². The topological polar surface area (TPSA) is 68.0 Å². The summed E-state index contributed by atoms with van der Waals surface area (Å²) in [6, 6.07) is 9.13.